The van der Waals surface area contributed by atoms with Gasteiger partial charge in [0.15, 0.2) is 18.9 Å². The van der Waals surface area contributed by atoms with E-state index >= 15 is 0 Å². The molecule has 1 amide bonds. The fourth-order valence-corrected chi connectivity index (χ4v) is 5.45. The van der Waals surface area contributed by atoms with Crippen molar-refractivity contribution in [3.8, 4) is 0 Å². The molecule has 0 aromatic carbocycles. The van der Waals surface area contributed by atoms with Crippen LogP contribution in [0.3, 0.4) is 0 Å². The van der Waals surface area contributed by atoms with Crippen LogP contribution in [0, 0.1) is 0 Å². The van der Waals surface area contributed by atoms with Gasteiger partial charge in [-0.1, -0.05) is 18.9 Å². The molecule has 3 fully saturated rings. The fraction of sp³-hybridized carbons (Fsp3) is 0.893. The van der Waals surface area contributed by atoms with Crippen molar-refractivity contribution in [2.24, 2.45) is 0 Å². The number of unbranched alkanes of at least 4 members (excludes halogenated alkanes) is 4. The summed E-state index contributed by atoms with van der Waals surface area (Å²) in [7, 11) is 0. The van der Waals surface area contributed by atoms with Crippen LogP contribution in [0.1, 0.15) is 46.0 Å². The van der Waals surface area contributed by atoms with Crippen molar-refractivity contribution in [1.82, 2.24) is 5.32 Å². The Morgan fingerprint density at radius 1 is 0.750 bits per heavy atom. The second-order valence-corrected chi connectivity index (χ2v) is 11.4. The summed E-state index contributed by atoms with van der Waals surface area (Å²) < 4.78 is 34.7. The first-order chi connectivity index (χ1) is 20.9. The number of allylic oxidation sites excluding steroid dienone is 1. The molecule has 16 heteroatoms. The lowest BCUT2D eigenvalue weighted by Gasteiger charge is -2.49. The summed E-state index contributed by atoms with van der Waals surface area (Å²) >= 11 is 0. The summed E-state index contributed by atoms with van der Waals surface area (Å²) in [5, 5.41) is 85.8. The highest BCUT2D eigenvalue weighted by Gasteiger charge is 2.54. The van der Waals surface area contributed by atoms with Crippen LogP contribution >= 0.6 is 0 Å². The number of aliphatic hydroxyl groups excluding tert-OH is 8. The van der Waals surface area contributed by atoms with Crippen molar-refractivity contribution in [2.75, 3.05) is 19.8 Å². The van der Waals surface area contributed by atoms with Gasteiger partial charge in [0.2, 0.25) is 5.91 Å². The number of hydrogen-bond donors (Lipinski definition) is 9. The molecule has 0 bridgehead atoms. The van der Waals surface area contributed by atoms with Gasteiger partial charge in [-0.3, -0.25) is 4.79 Å². The minimum atomic E-state index is -1.81. The lowest BCUT2D eigenvalue weighted by atomic mass is 9.95. The van der Waals surface area contributed by atoms with Crippen molar-refractivity contribution in [3.05, 3.63) is 12.7 Å². The van der Waals surface area contributed by atoms with E-state index < -0.39 is 111 Å². The van der Waals surface area contributed by atoms with E-state index in [2.05, 4.69) is 11.9 Å². The summed E-state index contributed by atoms with van der Waals surface area (Å²) in [4.78, 5) is 12.2. The molecule has 0 aliphatic carbocycles. The molecular weight excluding hydrogens is 590 g/mol. The highest BCUT2D eigenvalue weighted by Crippen LogP contribution is 2.33. The predicted octanol–water partition coefficient (Wildman–Crippen LogP) is -3.24. The number of hydrogen-bond acceptors (Lipinski definition) is 15. The minimum absolute atomic E-state index is 0.224. The molecule has 16 nitrogen and oxygen atoms in total. The van der Waals surface area contributed by atoms with Crippen LogP contribution in [-0.2, 0) is 33.2 Å². The first kappa shape index (κ1) is 37.1. The molecule has 256 valence electrons. The van der Waals surface area contributed by atoms with Gasteiger partial charge in [0.1, 0.15) is 67.1 Å². The number of rotatable bonds is 15. The van der Waals surface area contributed by atoms with Gasteiger partial charge in [0.05, 0.1) is 19.3 Å². The van der Waals surface area contributed by atoms with Crippen LogP contribution in [0.25, 0.3) is 0 Å². The monoisotopic (exact) mass is 639 g/mol. The van der Waals surface area contributed by atoms with Gasteiger partial charge < -0.3 is 74.6 Å². The molecule has 3 rings (SSSR count). The summed E-state index contributed by atoms with van der Waals surface area (Å²) in [6, 6.07) is -1.17. The van der Waals surface area contributed by atoms with Gasteiger partial charge >= 0.3 is 0 Å². The predicted molar refractivity (Wildman–Crippen MR) is 148 cm³/mol. The molecule has 3 saturated heterocycles. The molecule has 0 unspecified atom stereocenters. The maximum absolute atomic E-state index is 12.2. The van der Waals surface area contributed by atoms with E-state index in [9.17, 15) is 45.6 Å². The number of carbonyl (C=O) groups is 1. The maximum atomic E-state index is 12.2. The number of aliphatic hydroxyl groups is 8. The summed E-state index contributed by atoms with van der Waals surface area (Å²) in [6.07, 6.45) is -15.0. The Balaban J connectivity index is 1.84. The second-order valence-electron chi connectivity index (χ2n) is 11.4. The van der Waals surface area contributed by atoms with Crippen LogP contribution < -0.4 is 5.32 Å². The Hall–Kier alpha value is -1.35. The van der Waals surface area contributed by atoms with Gasteiger partial charge in [-0.05, 0) is 26.2 Å². The molecular formula is C28H49NO15. The Morgan fingerprint density at radius 3 is 2.00 bits per heavy atom. The van der Waals surface area contributed by atoms with E-state index in [4.69, 9.17) is 28.4 Å². The highest BCUT2D eigenvalue weighted by molar-refractivity contribution is 5.73. The SMILES string of the molecule is C=CCCCCCCO[C@@H]1O[C@H](CO)[C@H](O)[C@H](O[C@@H]2O[C@H](CO)[C@H](O)[C@H](O)[C@H]2O[C@@H]2O[C@@H](C)[C@@H](O)[C@@H](O)[C@@H]2O)[C@H]1NC(C)=O. The minimum Gasteiger partial charge on any atom is -0.394 e. The van der Waals surface area contributed by atoms with Crippen LogP contribution in [-0.4, -0.2) is 159 Å². The third-order valence-corrected chi connectivity index (χ3v) is 8.02. The number of carbonyl (C=O) groups excluding carboxylic acids is 1. The first-order valence-electron chi connectivity index (χ1n) is 15.0. The van der Waals surface area contributed by atoms with Gasteiger partial charge in [0.25, 0.3) is 0 Å². The third kappa shape index (κ3) is 9.13. The van der Waals surface area contributed by atoms with Crippen molar-refractivity contribution < 1.29 is 74.1 Å². The van der Waals surface area contributed by atoms with Crippen LogP contribution in [0.15, 0.2) is 12.7 Å². The van der Waals surface area contributed by atoms with Gasteiger partial charge in [-0.25, -0.2) is 0 Å². The molecule has 0 saturated carbocycles. The molecule has 0 radical (unpaired) electrons. The van der Waals surface area contributed by atoms with Gasteiger partial charge in [0, 0.05) is 13.5 Å². The molecule has 9 N–H and O–H groups in total. The lowest BCUT2D eigenvalue weighted by Crippen LogP contribution is -2.69. The van der Waals surface area contributed by atoms with E-state index in [0.717, 1.165) is 25.7 Å². The van der Waals surface area contributed by atoms with Crippen molar-refractivity contribution in [3.63, 3.8) is 0 Å². The van der Waals surface area contributed by atoms with E-state index in [1.807, 2.05) is 6.08 Å². The van der Waals surface area contributed by atoms with Crippen molar-refractivity contribution >= 4 is 5.91 Å². The Labute approximate surface area is 256 Å². The number of ether oxygens (including phenoxy) is 6. The molecule has 3 aliphatic heterocycles. The van der Waals surface area contributed by atoms with E-state index in [0.29, 0.717) is 6.42 Å². The third-order valence-electron chi connectivity index (χ3n) is 8.02. The Bertz CT molecular complexity index is 884. The summed E-state index contributed by atoms with van der Waals surface area (Å²) in [6.45, 7) is 5.17. The topological polar surface area (TPSA) is 246 Å². The number of amides is 1. The normalized spacial score (nSPS) is 43.0. The lowest BCUT2D eigenvalue weighted by molar-refractivity contribution is -0.381. The largest absolute Gasteiger partial charge is 0.394 e. The van der Waals surface area contributed by atoms with Gasteiger partial charge in [-0.2, -0.15) is 0 Å². The molecule has 3 heterocycles. The standard InChI is InChI=1S/C28H49NO15/c1-4-5-6-7-8-9-10-39-26-17(29-14(3)32)24(20(35)16(12-31)41-26)43-28-25(22(37)19(34)15(11-30)42-28)44-27-23(38)21(36)18(33)13(2)40-27/h4,13,15-28,30-31,33-38H,1,5-12H2,2-3H3,(H,29,32)/t13-,15+,16+,17+,18+,19-,20-,21+,22-,23-,24+,25+,26+,27-,28-/m0/s1. The van der Waals surface area contributed by atoms with Crippen molar-refractivity contribution in [2.45, 2.75) is 138 Å². The van der Waals surface area contributed by atoms with Crippen LogP contribution in [0.4, 0.5) is 0 Å². The first-order valence-corrected chi connectivity index (χ1v) is 15.0. The molecule has 44 heavy (non-hydrogen) atoms. The van der Waals surface area contributed by atoms with E-state index in [1.54, 1.807) is 0 Å². The quantitative estimate of drug-likeness (QED) is 0.0631. The van der Waals surface area contributed by atoms with Gasteiger partial charge in [-0.15, -0.1) is 6.58 Å². The number of nitrogens with one attached hydrogen (secondary N) is 1. The molecule has 0 aromatic heterocycles. The fourth-order valence-electron chi connectivity index (χ4n) is 5.45. The van der Waals surface area contributed by atoms with Crippen LogP contribution in [0.2, 0.25) is 0 Å². The molecule has 0 spiro atoms. The zero-order valence-electron chi connectivity index (χ0n) is 25.0. The molecule has 0 aromatic rings. The Morgan fingerprint density at radius 2 is 1.36 bits per heavy atom. The molecule has 15 atom stereocenters. The smallest absolute Gasteiger partial charge is 0.217 e. The van der Waals surface area contributed by atoms with Crippen molar-refractivity contribution in [1.29, 1.82) is 0 Å². The van der Waals surface area contributed by atoms with E-state index in [1.165, 1.54) is 13.8 Å². The maximum Gasteiger partial charge on any atom is 0.217 e. The molecule has 3 aliphatic rings. The zero-order valence-corrected chi connectivity index (χ0v) is 25.0. The summed E-state index contributed by atoms with van der Waals surface area (Å²) in [5.74, 6) is -0.527. The Kier molecular flexibility index (Phi) is 14.8. The average Bonchev–Trinajstić information content (AvgIpc) is 2.99. The summed E-state index contributed by atoms with van der Waals surface area (Å²) in [5.41, 5.74) is 0. The second kappa shape index (κ2) is 17.5. The average molecular weight is 640 g/mol. The van der Waals surface area contributed by atoms with Crippen LogP contribution in [0.5, 0.6) is 0 Å². The highest BCUT2D eigenvalue weighted by atomic mass is 16.8. The van der Waals surface area contributed by atoms with E-state index in [-0.39, 0.29) is 6.61 Å². The zero-order chi connectivity index (χ0) is 32.6.